The van der Waals surface area contributed by atoms with Gasteiger partial charge in [-0.1, -0.05) is 0 Å². The lowest BCUT2D eigenvalue weighted by Gasteiger charge is -2.40. The largest absolute Gasteiger partial charge is 0.484 e. The molecule has 9 nitrogen and oxygen atoms in total. The molecule has 0 N–H and O–H groups in total. The number of hydrogen-bond acceptors (Lipinski definition) is 6. The van der Waals surface area contributed by atoms with Crippen LogP contribution in [0.5, 0.6) is 5.75 Å². The topological polar surface area (TPSA) is 99.7 Å². The number of carbonyl (C=O) groups excluding carboxylic acids is 1. The highest BCUT2D eigenvalue weighted by atomic mass is 79.9. The molecule has 0 bridgehead atoms. The summed E-state index contributed by atoms with van der Waals surface area (Å²) in [7, 11) is 0. The molecule has 0 saturated heterocycles. The van der Waals surface area contributed by atoms with Gasteiger partial charge in [0.15, 0.2) is 0 Å². The molecule has 2 aromatic rings. The third-order valence-electron chi connectivity index (χ3n) is 3.86. The minimum absolute atomic E-state index is 0.261. The Bertz CT molecular complexity index is 948. The Morgan fingerprint density at radius 1 is 1.39 bits per heavy atom. The Balaban J connectivity index is 2.04. The summed E-state index contributed by atoms with van der Waals surface area (Å²) in [5.41, 5.74) is -0.186. The summed E-state index contributed by atoms with van der Waals surface area (Å²) in [6, 6.07) is 5.12. The zero-order valence-electron chi connectivity index (χ0n) is 16.2. The summed E-state index contributed by atoms with van der Waals surface area (Å²) in [6.07, 6.45) is 1.00. The molecule has 2 heterocycles. The van der Waals surface area contributed by atoms with E-state index in [-0.39, 0.29) is 10.3 Å². The molecule has 0 fully saturated rings. The lowest BCUT2D eigenvalue weighted by atomic mass is 10.1. The summed E-state index contributed by atoms with van der Waals surface area (Å²) in [6.45, 7) is 9.46. The van der Waals surface area contributed by atoms with Crippen LogP contribution in [-0.4, -0.2) is 38.5 Å². The fourth-order valence-electron chi connectivity index (χ4n) is 2.82. The highest BCUT2D eigenvalue weighted by molar-refractivity contribution is 9.10. The number of amides is 1. The van der Waals surface area contributed by atoms with Crippen LogP contribution in [0, 0.1) is 10.1 Å². The SMILES string of the molecule is CC(C)(C)OC(=O)N1CC(C)(C)Oc2ccc(-n3cc(Br)c([N+](=O)[O-])n3)cc21. The summed E-state index contributed by atoms with van der Waals surface area (Å²) >= 11 is 3.14. The second-order valence-electron chi connectivity index (χ2n) is 8.08. The van der Waals surface area contributed by atoms with Crippen molar-refractivity contribution in [3.8, 4) is 11.4 Å². The average molecular weight is 453 g/mol. The standard InChI is InChI=1S/C18H21BrN4O5/c1-17(2,3)28-16(24)21-10-18(4,5)27-14-7-6-11(8-13(14)21)22-9-12(19)15(20-22)23(25)26/h6-9H,10H2,1-5H3. The number of benzene rings is 1. The number of carbonyl (C=O) groups is 1. The summed E-state index contributed by atoms with van der Waals surface area (Å²) in [4.78, 5) is 24.8. The maximum atomic E-state index is 12.8. The molecule has 1 amide bonds. The van der Waals surface area contributed by atoms with Gasteiger partial charge in [0.2, 0.25) is 0 Å². The first-order chi connectivity index (χ1) is 12.9. The van der Waals surface area contributed by atoms with Crippen LogP contribution in [0.3, 0.4) is 0 Å². The van der Waals surface area contributed by atoms with Gasteiger partial charge in [0.25, 0.3) is 0 Å². The maximum Gasteiger partial charge on any atom is 0.415 e. The van der Waals surface area contributed by atoms with Gasteiger partial charge in [0.05, 0.1) is 29.2 Å². The Morgan fingerprint density at radius 2 is 2.07 bits per heavy atom. The number of halogens is 1. The van der Waals surface area contributed by atoms with Crippen molar-refractivity contribution in [3.05, 3.63) is 39.0 Å². The van der Waals surface area contributed by atoms with Gasteiger partial charge in [-0.25, -0.2) is 4.79 Å². The number of rotatable bonds is 2. The van der Waals surface area contributed by atoms with E-state index in [1.54, 1.807) is 39.0 Å². The van der Waals surface area contributed by atoms with Gasteiger partial charge in [0, 0.05) is 0 Å². The average Bonchev–Trinajstić information content (AvgIpc) is 2.93. The molecule has 1 aliphatic rings. The predicted molar refractivity (Wildman–Crippen MR) is 106 cm³/mol. The first-order valence-corrected chi connectivity index (χ1v) is 9.39. The second-order valence-corrected chi connectivity index (χ2v) is 8.94. The number of nitro groups is 1. The predicted octanol–water partition coefficient (Wildman–Crippen LogP) is 4.46. The number of fused-ring (bicyclic) bond motifs is 1. The molecule has 0 radical (unpaired) electrons. The van der Waals surface area contributed by atoms with Gasteiger partial charge in [-0.3, -0.25) is 4.90 Å². The van der Waals surface area contributed by atoms with Crippen molar-refractivity contribution in [2.45, 2.75) is 45.8 Å². The van der Waals surface area contributed by atoms with Crippen LogP contribution in [0.15, 0.2) is 28.9 Å². The van der Waals surface area contributed by atoms with Crippen LogP contribution < -0.4 is 9.64 Å². The van der Waals surface area contributed by atoms with Crippen molar-refractivity contribution >= 4 is 33.5 Å². The summed E-state index contributed by atoms with van der Waals surface area (Å²) < 4.78 is 13.2. The Morgan fingerprint density at radius 3 is 2.64 bits per heavy atom. The van der Waals surface area contributed by atoms with Crippen molar-refractivity contribution in [1.29, 1.82) is 0 Å². The minimum Gasteiger partial charge on any atom is -0.484 e. The number of hydrogen-bond donors (Lipinski definition) is 0. The first-order valence-electron chi connectivity index (χ1n) is 8.60. The molecule has 28 heavy (non-hydrogen) atoms. The lowest BCUT2D eigenvalue weighted by molar-refractivity contribution is -0.390. The first kappa shape index (κ1) is 20.1. The van der Waals surface area contributed by atoms with Crippen LogP contribution in [0.4, 0.5) is 16.3 Å². The third kappa shape index (κ3) is 4.11. The normalized spacial score (nSPS) is 15.6. The lowest BCUT2D eigenvalue weighted by Crippen LogP contribution is -2.50. The monoisotopic (exact) mass is 452 g/mol. The molecule has 3 rings (SSSR count). The van der Waals surface area contributed by atoms with Gasteiger partial charge >= 0.3 is 11.9 Å². The molecule has 1 aliphatic heterocycles. The van der Waals surface area contributed by atoms with E-state index in [1.807, 2.05) is 13.8 Å². The smallest absolute Gasteiger partial charge is 0.415 e. The zero-order chi connectivity index (χ0) is 20.9. The molecular formula is C18H21BrN4O5. The number of anilines is 1. The molecular weight excluding hydrogens is 432 g/mol. The number of nitrogens with zero attached hydrogens (tertiary/aromatic N) is 4. The molecule has 150 valence electrons. The van der Waals surface area contributed by atoms with E-state index < -0.39 is 22.2 Å². The third-order valence-corrected chi connectivity index (χ3v) is 4.42. The molecule has 0 saturated carbocycles. The number of ether oxygens (including phenoxy) is 2. The maximum absolute atomic E-state index is 12.8. The van der Waals surface area contributed by atoms with Gasteiger partial charge in [-0.15, -0.1) is 4.68 Å². The van der Waals surface area contributed by atoms with Gasteiger partial charge < -0.3 is 19.6 Å². The van der Waals surface area contributed by atoms with Crippen LogP contribution in [0.25, 0.3) is 5.69 Å². The zero-order valence-corrected chi connectivity index (χ0v) is 17.8. The van der Waals surface area contributed by atoms with Crippen molar-refractivity contribution in [3.63, 3.8) is 0 Å². The molecule has 0 aliphatic carbocycles. The molecule has 0 spiro atoms. The number of aromatic nitrogens is 2. The van der Waals surface area contributed by atoms with Crippen molar-refractivity contribution in [2.24, 2.45) is 0 Å². The van der Waals surface area contributed by atoms with E-state index in [1.165, 1.54) is 15.8 Å². The van der Waals surface area contributed by atoms with E-state index in [0.29, 0.717) is 23.7 Å². The van der Waals surface area contributed by atoms with Crippen LogP contribution in [0.1, 0.15) is 34.6 Å². The molecule has 1 aromatic heterocycles. The van der Waals surface area contributed by atoms with Crippen molar-refractivity contribution in [2.75, 3.05) is 11.4 Å². The molecule has 1 aromatic carbocycles. The van der Waals surface area contributed by atoms with Crippen LogP contribution in [0.2, 0.25) is 0 Å². The van der Waals surface area contributed by atoms with Gasteiger partial charge in [-0.2, -0.15) is 0 Å². The van der Waals surface area contributed by atoms with Gasteiger partial charge in [0.1, 0.15) is 21.4 Å². The van der Waals surface area contributed by atoms with Crippen molar-refractivity contribution in [1.82, 2.24) is 9.78 Å². The van der Waals surface area contributed by atoms with E-state index in [0.717, 1.165) is 0 Å². The molecule has 0 atom stereocenters. The van der Waals surface area contributed by atoms with E-state index in [9.17, 15) is 14.9 Å². The second kappa shape index (κ2) is 6.77. The fourth-order valence-corrected chi connectivity index (χ4v) is 3.24. The summed E-state index contributed by atoms with van der Waals surface area (Å²) in [5, 5.41) is 15.0. The molecule has 10 heteroatoms. The van der Waals surface area contributed by atoms with E-state index >= 15 is 0 Å². The molecule has 0 unspecified atom stereocenters. The fraction of sp³-hybridized carbons (Fsp3) is 0.444. The van der Waals surface area contributed by atoms with E-state index in [4.69, 9.17) is 9.47 Å². The highest BCUT2D eigenvalue weighted by Gasteiger charge is 2.37. The summed E-state index contributed by atoms with van der Waals surface area (Å²) in [5.74, 6) is 0.227. The Labute approximate surface area is 170 Å². The Hall–Kier alpha value is -2.62. The Kier molecular flexibility index (Phi) is 4.86. The highest BCUT2D eigenvalue weighted by Crippen LogP contribution is 2.39. The van der Waals surface area contributed by atoms with Gasteiger partial charge in [-0.05, 0) is 73.7 Å². The van der Waals surface area contributed by atoms with Crippen LogP contribution in [-0.2, 0) is 4.74 Å². The quantitative estimate of drug-likeness (QED) is 0.492. The minimum atomic E-state index is -0.648. The van der Waals surface area contributed by atoms with Crippen molar-refractivity contribution < 1.29 is 19.2 Å². The van der Waals surface area contributed by atoms with E-state index in [2.05, 4.69) is 21.0 Å². The van der Waals surface area contributed by atoms with Crippen LogP contribution >= 0.6 is 15.9 Å².